The minimum Gasteiger partial charge on any atom is -0.504 e. The van der Waals surface area contributed by atoms with Crippen molar-refractivity contribution in [3.63, 3.8) is 0 Å². The van der Waals surface area contributed by atoms with Gasteiger partial charge in [0.05, 0.1) is 6.61 Å². The first kappa shape index (κ1) is 15.3. The van der Waals surface area contributed by atoms with Crippen molar-refractivity contribution >= 4 is 5.91 Å². The van der Waals surface area contributed by atoms with Gasteiger partial charge in [-0.2, -0.15) is 0 Å². The molecular formula is C14H21NO4. The van der Waals surface area contributed by atoms with E-state index in [2.05, 4.69) is 0 Å². The van der Waals surface area contributed by atoms with E-state index < -0.39 is 0 Å². The van der Waals surface area contributed by atoms with Gasteiger partial charge in [-0.1, -0.05) is 25.5 Å². The van der Waals surface area contributed by atoms with Crippen LogP contribution in [-0.4, -0.2) is 47.3 Å². The van der Waals surface area contributed by atoms with Gasteiger partial charge in [0, 0.05) is 13.1 Å². The summed E-state index contributed by atoms with van der Waals surface area (Å²) >= 11 is 0. The molecule has 1 aromatic rings. The molecule has 0 atom stereocenters. The summed E-state index contributed by atoms with van der Waals surface area (Å²) in [5, 5.41) is 18.5. The van der Waals surface area contributed by atoms with E-state index in [9.17, 15) is 9.90 Å². The van der Waals surface area contributed by atoms with Crippen molar-refractivity contribution in [1.29, 1.82) is 0 Å². The smallest absolute Gasteiger partial charge is 0.260 e. The Hall–Kier alpha value is -1.75. The first-order valence-corrected chi connectivity index (χ1v) is 6.48. The van der Waals surface area contributed by atoms with Crippen LogP contribution in [0.4, 0.5) is 0 Å². The van der Waals surface area contributed by atoms with Gasteiger partial charge >= 0.3 is 0 Å². The summed E-state index contributed by atoms with van der Waals surface area (Å²) in [5.74, 6) is 0.110. The predicted octanol–water partition coefficient (Wildman–Crippen LogP) is 1.39. The standard InChI is InChI=1S/C14H21NO4/c1-2-3-8-15(9-10-16)14(18)11-19-13-7-5-4-6-12(13)17/h4-7,16-17H,2-3,8-11H2,1H3. The van der Waals surface area contributed by atoms with Gasteiger partial charge in [0.15, 0.2) is 18.1 Å². The molecule has 0 heterocycles. The second-order valence-electron chi connectivity index (χ2n) is 4.21. The van der Waals surface area contributed by atoms with Gasteiger partial charge in [-0.05, 0) is 18.6 Å². The number of nitrogens with zero attached hydrogens (tertiary/aromatic N) is 1. The highest BCUT2D eigenvalue weighted by Crippen LogP contribution is 2.24. The SMILES string of the molecule is CCCCN(CCO)C(=O)COc1ccccc1O. The summed E-state index contributed by atoms with van der Waals surface area (Å²) in [6.45, 7) is 2.76. The Labute approximate surface area is 113 Å². The highest BCUT2D eigenvalue weighted by atomic mass is 16.5. The molecule has 0 spiro atoms. The summed E-state index contributed by atoms with van der Waals surface area (Å²) in [7, 11) is 0. The second-order valence-corrected chi connectivity index (χ2v) is 4.21. The highest BCUT2D eigenvalue weighted by Gasteiger charge is 2.13. The summed E-state index contributed by atoms with van der Waals surface area (Å²) in [5.41, 5.74) is 0. The Morgan fingerprint density at radius 1 is 1.32 bits per heavy atom. The van der Waals surface area contributed by atoms with Crippen molar-refractivity contribution < 1.29 is 19.7 Å². The molecule has 0 aliphatic heterocycles. The van der Waals surface area contributed by atoms with Crippen molar-refractivity contribution in [3.8, 4) is 11.5 Å². The maximum atomic E-state index is 11.9. The van der Waals surface area contributed by atoms with E-state index >= 15 is 0 Å². The fourth-order valence-electron chi connectivity index (χ4n) is 1.64. The number of carbonyl (C=O) groups excluding carboxylic acids is 1. The number of aliphatic hydroxyl groups excluding tert-OH is 1. The first-order valence-electron chi connectivity index (χ1n) is 6.48. The predicted molar refractivity (Wildman–Crippen MR) is 72.2 cm³/mol. The molecule has 0 bridgehead atoms. The van der Waals surface area contributed by atoms with Crippen molar-refractivity contribution in [2.45, 2.75) is 19.8 Å². The maximum absolute atomic E-state index is 11.9. The van der Waals surface area contributed by atoms with E-state index in [0.717, 1.165) is 12.8 Å². The number of hydrogen-bond donors (Lipinski definition) is 2. The largest absolute Gasteiger partial charge is 0.504 e. The molecular weight excluding hydrogens is 246 g/mol. The molecule has 0 aliphatic rings. The van der Waals surface area contributed by atoms with E-state index in [1.54, 1.807) is 23.1 Å². The third-order valence-electron chi connectivity index (χ3n) is 2.72. The monoisotopic (exact) mass is 267 g/mol. The number of unbranched alkanes of at least 4 members (excludes halogenated alkanes) is 1. The lowest BCUT2D eigenvalue weighted by atomic mass is 10.3. The van der Waals surface area contributed by atoms with Gasteiger partial charge < -0.3 is 19.8 Å². The zero-order valence-electron chi connectivity index (χ0n) is 11.2. The Kier molecular flexibility index (Phi) is 6.74. The van der Waals surface area contributed by atoms with Crippen molar-refractivity contribution in [1.82, 2.24) is 4.90 Å². The van der Waals surface area contributed by atoms with Crippen LogP contribution < -0.4 is 4.74 Å². The van der Waals surface area contributed by atoms with Gasteiger partial charge in [-0.15, -0.1) is 0 Å². The highest BCUT2D eigenvalue weighted by molar-refractivity contribution is 5.77. The third-order valence-corrected chi connectivity index (χ3v) is 2.72. The van der Waals surface area contributed by atoms with E-state index in [0.29, 0.717) is 13.1 Å². The molecule has 0 saturated carbocycles. The summed E-state index contributed by atoms with van der Waals surface area (Å²) in [6.07, 6.45) is 1.87. The zero-order chi connectivity index (χ0) is 14.1. The van der Waals surface area contributed by atoms with Gasteiger partial charge in [0.1, 0.15) is 0 Å². The molecule has 19 heavy (non-hydrogen) atoms. The Balaban J connectivity index is 2.50. The first-order chi connectivity index (χ1) is 9.19. The number of aromatic hydroxyl groups is 1. The maximum Gasteiger partial charge on any atom is 0.260 e. The van der Waals surface area contributed by atoms with E-state index in [4.69, 9.17) is 9.84 Å². The van der Waals surface area contributed by atoms with Crippen molar-refractivity contribution in [3.05, 3.63) is 24.3 Å². The number of aliphatic hydroxyl groups is 1. The molecule has 0 unspecified atom stereocenters. The molecule has 0 radical (unpaired) electrons. The number of amides is 1. The number of carbonyl (C=O) groups is 1. The number of benzene rings is 1. The number of phenolic OH excluding ortho intramolecular Hbond substituents is 1. The van der Waals surface area contributed by atoms with Crippen LogP contribution in [0.25, 0.3) is 0 Å². The zero-order valence-corrected chi connectivity index (χ0v) is 11.2. The van der Waals surface area contributed by atoms with Crippen LogP contribution in [0.5, 0.6) is 11.5 Å². The molecule has 0 saturated heterocycles. The molecule has 1 rings (SSSR count). The van der Waals surface area contributed by atoms with Crippen LogP contribution in [0.3, 0.4) is 0 Å². The number of ether oxygens (including phenoxy) is 1. The Bertz CT molecular complexity index is 395. The molecule has 2 N–H and O–H groups in total. The fraction of sp³-hybridized carbons (Fsp3) is 0.500. The summed E-state index contributed by atoms with van der Waals surface area (Å²) in [6, 6.07) is 6.51. The molecule has 5 heteroatoms. The molecule has 106 valence electrons. The minimum atomic E-state index is -0.189. The lowest BCUT2D eigenvalue weighted by Crippen LogP contribution is -2.37. The van der Waals surface area contributed by atoms with Gasteiger partial charge in [-0.25, -0.2) is 0 Å². The van der Waals surface area contributed by atoms with E-state index in [1.807, 2.05) is 6.92 Å². The molecule has 1 aromatic carbocycles. The number of phenols is 1. The van der Waals surface area contributed by atoms with Gasteiger partial charge in [0.25, 0.3) is 5.91 Å². The lowest BCUT2D eigenvalue weighted by Gasteiger charge is -2.21. The molecule has 1 amide bonds. The average Bonchev–Trinajstić information content (AvgIpc) is 2.42. The topological polar surface area (TPSA) is 70.0 Å². The van der Waals surface area contributed by atoms with Crippen LogP contribution in [0.2, 0.25) is 0 Å². The molecule has 5 nitrogen and oxygen atoms in total. The van der Waals surface area contributed by atoms with E-state index in [1.165, 1.54) is 6.07 Å². The van der Waals surface area contributed by atoms with Crippen LogP contribution in [0.1, 0.15) is 19.8 Å². The van der Waals surface area contributed by atoms with Crippen molar-refractivity contribution in [2.75, 3.05) is 26.3 Å². The number of rotatable bonds is 8. The number of hydrogen-bond acceptors (Lipinski definition) is 4. The Morgan fingerprint density at radius 3 is 2.68 bits per heavy atom. The average molecular weight is 267 g/mol. The van der Waals surface area contributed by atoms with Crippen LogP contribution in [0, 0.1) is 0 Å². The summed E-state index contributed by atoms with van der Waals surface area (Å²) < 4.78 is 5.28. The van der Waals surface area contributed by atoms with Gasteiger partial charge in [-0.3, -0.25) is 4.79 Å². The normalized spacial score (nSPS) is 10.2. The molecule has 0 aliphatic carbocycles. The van der Waals surface area contributed by atoms with E-state index in [-0.39, 0.29) is 30.6 Å². The van der Waals surface area contributed by atoms with Gasteiger partial charge in [0.2, 0.25) is 0 Å². The summed E-state index contributed by atoms with van der Waals surface area (Å²) in [4.78, 5) is 13.5. The van der Waals surface area contributed by atoms with Crippen molar-refractivity contribution in [2.24, 2.45) is 0 Å². The van der Waals surface area contributed by atoms with Crippen LogP contribution >= 0.6 is 0 Å². The number of para-hydroxylation sites is 2. The molecule has 0 fully saturated rings. The third kappa shape index (κ3) is 5.18. The second kappa shape index (κ2) is 8.37. The molecule has 0 aromatic heterocycles. The minimum absolute atomic E-state index is 0.0116. The quantitative estimate of drug-likeness (QED) is 0.747. The van der Waals surface area contributed by atoms with Crippen LogP contribution in [-0.2, 0) is 4.79 Å². The lowest BCUT2D eigenvalue weighted by molar-refractivity contribution is -0.134. The van der Waals surface area contributed by atoms with Crippen LogP contribution in [0.15, 0.2) is 24.3 Å². The fourth-order valence-corrected chi connectivity index (χ4v) is 1.64. The Morgan fingerprint density at radius 2 is 2.05 bits per heavy atom.